The number of nitrogens with zero attached hydrogens (tertiary/aromatic N) is 1. The first kappa shape index (κ1) is 12.6. The number of hydrogen-bond acceptors (Lipinski definition) is 2. The maximum atomic E-state index is 12.1. The minimum absolute atomic E-state index is 0.0528. The van der Waals surface area contributed by atoms with E-state index in [1.807, 2.05) is 32.0 Å². The molecule has 4 heteroatoms. The molecule has 0 radical (unpaired) electrons. The monoisotopic (exact) mass is 246 g/mol. The predicted octanol–water partition coefficient (Wildman–Crippen LogP) is 1.58. The average Bonchev–Trinajstić information content (AvgIpc) is 2.49. The Morgan fingerprint density at radius 1 is 1.39 bits per heavy atom. The van der Waals surface area contributed by atoms with Crippen LogP contribution in [-0.2, 0) is 21.5 Å². The molecule has 2 rings (SSSR count). The van der Waals surface area contributed by atoms with Gasteiger partial charge in [0.15, 0.2) is 0 Å². The molecule has 96 valence electrons. The quantitative estimate of drug-likeness (QED) is 0.861. The minimum Gasteiger partial charge on any atom is -0.352 e. The van der Waals surface area contributed by atoms with Crippen molar-refractivity contribution in [3.63, 3.8) is 0 Å². The van der Waals surface area contributed by atoms with Crippen molar-refractivity contribution in [3.05, 3.63) is 29.3 Å². The maximum absolute atomic E-state index is 12.1. The topological polar surface area (TPSA) is 49.4 Å². The summed E-state index contributed by atoms with van der Waals surface area (Å²) in [6.45, 7) is 5.85. The Bertz CT molecular complexity index is 521. The van der Waals surface area contributed by atoms with Crippen LogP contribution in [0.1, 0.15) is 31.9 Å². The first-order valence-electron chi connectivity index (χ1n) is 6.00. The van der Waals surface area contributed by atoms with Crippen molar-refractivity contribution in [1.29, 1.82) is 0 Å². The molecule has 0 fully saturated rings. The Morgan fingerprint density at radius 3 is 2.67 bits per heavy atom. The van der Waals surface area contributed by atoms with Crippen molar-refractivity contribution in [3.8, 4) is 0 Å². The van der Waals surface area contributed by atoms with Gasteiger partial charge < -0.3 is 10.2 Å². The van der Waals surface area contributed by atoms with Gasteiger partial charge in [-0.05, 0) is 31.0 Å². The van der Waals surface area contributed by atoms with E-state index in [2.05, 4.69) is 5.32 Å². The van der Waals surface area contributed by atoms with Gasteiger partial charge in [-0.15, -0.1) is 0 Å². The highest BCUT2D eigenvalue weighted by Crippen LogP contribution is 2.40. The molecule has 0 spiro atoms. The van der Waals surface area contributed by atoms with Gasteiger partial charge in [0.25, 0.3) is 0 Å². The molecule has 2 amide bonds. The molecule has 0 aliphatic carbocycles. The zero-order chi connectivity index (χ0) is 13.5. The lowest BCUT2D eigenvalue weighted by Gasteiger charge is -2.16. The van der Waals surface area contributed by atoms with Gasteiger partial charge in [0.1, 0.15) is 0 Å². The fourth-order valence-corrected chi connectivity index (χ4v) is 2.36. The lowest BCUT2D eigenvalue weighted by atomic mass is 9.85. The third kappa shape index (κ3) is 1.88. The minimum atomic E-state index is -0.490. The highest BCUT2D eigenvalue weighted by Gasteiger charge is 2.42. The van der Waals surface area contributed by atoms with E-state index in [4.69, 9.17) is 0 Å². The van der Waals surface area contributed by atoms with Gasteiger partial charge >= 0.3 is 0 Å². The fraction of sp³-hybridized carbons (Fsp3) is 0.429. The van der Waals surface area contributed by atoms with Crippen molar-refractivity contribution >= 4 is 17.5 Å². The van der Waals surface area contributed by atoms with Crippen molar-refractivity contribution in [1.82, 2.24) is 5.32 Å². The van der Waals surface area contributed by atoms with Gasteiger partial charge in [-0.1, -0.05) is 12.1 Å². The second kappa shape index (κ2) is 4.12. The highest BCUT2D eigenvalue weighted by atomic mass is 16.2. The number of amides is 2. The SMILES string of the molecule is CC(=O)NCc1ccc2c(c1)C(C)(C)C(=O)N2C. The van der Waals surface area contributed by atoms with E-state index in [9.17, 15) is 9.59 Å². The molecule has 1 aliphatic rings. The molecule has 0 aromatic heterocycles. The van der Waals surface area contributed by atoms with Crippen LogP contribution in [0.5, 0.6) is 0 Å². The summed E-state index contributed by atoms with van der Waals surface area (Å²) >= 11 is 0. The van der Waals surface area contributed by atoms with Crippen LogP contribution in [0.4, 0.5) is 5.69 Å². The van der Waals surface area contributed by atoms with Gasteiger partial charge in [-0.3, -0.25) is 9.59 Å². The number of fused-ring (bicyclic) bond motifs is 1. The molecule has 1 N–H and O–H groups in total. The molecule has 0 bridgehead atoms. The van der Waals surface area contributed by atoms with Crippen LogP contribution >= 0.6 is 0 Å². The molecule has 4 nitrogen and oxygen atoms in total. The summed E-state index contributed by atoms with van der Waals surface area (Å²) in [6.07, 6.45) is 0. The smallest absolute Gasteiger partial charge is 0.236 e. The number of likely N-dealkylation sites (N-methyl/N-ethyl adjacent to an activating group) is 1. The van der Waals surface area contributed by atoms with Crippen LogP contribution < -0.4 is 10.2 Å². The van der Waals surface area contributed by atoms with E-state index in [-0.39, 0.29) is 11.8 Å². The zero-order valence-corrected chi connectivity index (χ0v) is 11.2. The summed E-state index contributed by atoms with van der Waals surface area (Å²) < 4.78 is 0. The summed E-state index contributed by atoms with van der Waals surface area (Å²) in [7, 11) is 1.80. The number of anilines is 1. The van der Waals surface area contributed by atoms with Crippen molar-refractivity contribution in [2.75, 3.05) is 11.9 Å². The predicted molar refractivity (Wildman–Crippen MR) is 70.4 cm³/mol. The number of nitrogens with one attached hydrogen (secondary N) is 1. The molecule has 0 atom stereocenters. The Morgan fingerprint density at radius 2 is 2.06 bits per heavy atom. The van der Waals surface area contributed by atoms with Crippen LogP contribution in [0, 0.1) is 0 Å². The second-order valence-corrected chi connectivity index (χ2v) is 5.25. The van der Waals surface area contributed by atoms with Crippen molar-refractivity contribution in [2.24, 2.45) is 0 Å². The van der Waals surface area contributed by atoms with Gasteiger partial charge in [-0.25, -0.2) is 0 Å². The van der Waals surface area contributed by atoms with Crippen molar-refractivity contribution in [2.45, 2.75) is 32.7 Å². The van der Waals surface area contributed by atoms with E-state index in [1.54, 1.807) is 11.9 Å². The highest BCUT2D eigenvalue weighted by molar-refractivity contribution is 6.07. The number of carbonyl (C=O) groups excluding carboxylic acids is 2. The van der Waals surface area contributed by atoms with E-state index >= 15 is 0 Å². The molecule has 1 aliphatic heterocycles. The molecule has 1 aromatic rings. The summed E-state index contributed by atoms with van der Waals surface area (Å²) in [6, 6.07) is 5.89. The number of benzene rings is 1. The lowest BCUT2D eigenvalue weighted by Crippen LogP contribution is -2.33. The first-order valence-corrected chi connectivity index (χ1v) is 6.00. The third-order valence-corrected chi connectivity index (χ3v) is 3.48. The Kier molecular flexibility index (Phi) is 2.89. The van der Waals surface area contributed by atoms with E-state index in [0.29, 0.717) is 6.54 Å². The molecule has 18 heavy (non-hydrogen) atoms. The van der Waals surface area contributed by atoms with E-state index in [0.717, 1.165) is 16.8 Å². The van der Waals surface area contributed by atoms with Crippen LogP contribution in [0.15, 0.2) is 18.2 Å². The number of rotatable bonds is 2. The molecular weight excluding hydrogens is 228 g/mol. The summed E-state index contributed by atoms with van der Waals surface area (Å²) in [5.41, 5.74) is 2.51. The second-order valence-electron chi connectivity index (χ2n) is 5.25. The zero-order valence-electron chi connectivity index (χ0n) is 11.2. The molecule has 1 heterocycles. The van der Waals surface area contributed by atoms with Gasteiger partial charge in [0.05, 0.1) is 5.41 Å². The molecule has 0 unspecified atom stereocenters. The standard InChI is InChI=1S/C14H18N2O2/c1-9(17)15-8-10-5-6-12-11(7-10)14(2,3)13(18)16(12)4/h5-7H,8H2,1-4H3,(H,15,17). The first-order chi connectivity index (χ1) is 8.34. The van der Waals surface area contributed by atoms with Crippen LogP contribution in [0.2, 0.25) is 0 Å². The van der Waals surface area contributed by atoms with Gasteiger partial charge in [0, 0.05) is 26.2 Å². The average molecular weight is 246 g/mol. The summed E-state index contributed by atoms with van der Waals surface area (Å²) in [5, 5.41) is 2.77. The van der Waals surface area contributed by atoms with E-state index in [1.165, 1.54) is 6.92 Å². The Balaban J connectivity index is 2.36. The van der Waals surface area contributed by atoms with Crippen LogP contribution in [-0.4, -0.2) is 18.9 Å². The molecular formula is C14H18N2O2. The Hall–Kier alpha value is -1.84. The number of hydrogen-bond donors (Lipinski definition) is 1. The summed E-state index contributed by atoms with van der Waals surface area (Å²) in [4.78, 5) is 24.7. The van der Waals surface area contributed by atoms with Crippen LogP contribution in [0.25, 0.3) is 0 Å². The third-order valence-electron chi connectivity index (χ3n) is 3.48. The largest absolute Gasteiger partial charge is 0.352 e. The molecule has 0 saturated carbocycles. The fourth-order valence-electron chi connectivity index (χ4n) is 2.36. The van der Waals surface area contributed by atoms with Gasteiger partial charge in [0.2, 0.25) is 11.8 Å². The van der Waals surface area contributed by atoms with Crippen molar-refractivity contribution < 1.29 is 9.59 Å². The normalized spacial score (nSPS) is 16.7. The lowest BCUT2D eigenvalue weighted by molar-refractivity contribution is -0.122. The maximum Gasteiger partial charge on any atom is 0.236 e. The van der Waals surface area contributed by atoms with Gasteiger partial charge in [-0.2, -0.15) is 0 Å². The van der Waals surface area contributed by atoms with Crippen LogP contribution in [0.3, 0.4) is 0 Å². The molecule has 1 aromatic carbocycles. The molecule has 0 saturated heterocycles. The van der Waals surface area contributed by atoms with E-state index < -0.39 is 5.41 Å². The summed E-state index contributed by atoms with van der Waals surface area (Å²) in [5.74, 6) is 0.0529. The Labute approximate surface area is 107 Å². The number of carbonyl (C=O) groups is 2.